The van der Waals surface area contributed by atoms with Crippen molar-refractivity contribution < 1.29 is 14.7 Å². The van der Waals surface area contributed by atoms with E-state index in [1.165, 1.54) is 11.2 Å². The monoisotopic (exact) mass is 281 g/mol. The number of carbonyl (C=O) groups is 2. The van der Waals surface area contributed by atoms with E-state index in [-0.39, 0.29) is 12.5 Å². The summed E-state index contributed by atoms with van der Waals surface area (Å²) in [6, 6.07) is -0.287. The minimum Gasteiger partial charge on any atom is -0.481 e. The summed E-state index contributed by atoms with van der Waals surface area (Å²) in [5, 5.41) is 18.3. The van der Waals surface area contributed by atoms with E-state index in [2.05, 4.69) is 20.5 Å². The van der Waals surface area contributed by atoms with Crippen molar-refractivity contribution in [2.24, 2.45) is 0 Å². The maximum absolute atomic E-state index is 12.2. The first-order chi connectivity index (χ1) is 9.51. The van der Waals surface area contributed by atoms with E-state index in [4.69, 9.17) is 5.11 Å². The molecule has 8 heteroatoms. The van der Waals surface area contributed by atoms with Gasteiger partial charge in [0.05, 0.1) is 18.5 Å². The molecule has 0 aromatic carbocycles. The quantitative estimate of drug-likeness (QED) is 0.737. The van der Waals surface area contributed by atoms with Crippen molar-refractivity contribution in [3.8, 4) is 0 Å². The molecule has 1 aromatic rings. The summed E-state index contributed by atoms with van der Waals surface area (Å²) >= 11 is 0. The minimum atomic E-state index is -0.884. The number of aromatic amines is 1. The zero-order chi connectivity index (χ0) is 14.6. The fourth-order valence-corrected chi connectivity index (χ4v) is 2.61. The zero-order valence-corrected chi connectivity index (χ0v) is 11.4. The third-order valence-electron chi connectivity index (χ3n) is 3.62. The van der Waals surface area contributed by atoms with E-state index in [0.29, 0.717) is 25.2 Å². The van der Waals surface area contributed by atoms with Crippen molar-refractivity contribution in [3.63, 3.8) is 0 Å². The second kappa shape index (κ2) is 5.89. The summed E-state index contributed by atoms with van der Waals surface area (Å²) < 4.78 is 0. The second-order valence-electron chi connectivity index (χ2n) is 5.28. The Hall–Kier alpha value is -2.12. The average Bonchev–Trinajstić information content (AvgIpc) is 3.00. The number of nitrogens with one attached hydrogen (secondary N) is 2. The van der Waals surface area contributed by atoms with Crippen molar-refractivity contribution in [2.45, 2.75) is 44.2 Å². The molecular weight excluding hydrogens is 262 g/mol. The van der Waals surface area contributed by atoms with Crippen LogP contribution in [0.1, 0.15) is 37.9 Å². The minimum absolute atomic E-state index is 0.0328. The van der Waals surface area contributed by atoms with Crippen LogP contribution in [0.25, 0.3) is 0 Å². The van der Waals surface area contributed by atoms with Gasteiger partial charge < -0.3 is 15.3 Å². The van der Waals surface area contributed by atoms with E-state index in [9.17, 15) is 9.59 Å². The number of hydrogen-bond acceptors (Lipinski definition) is 4. The van der Waals surface area contributed by atoms with Gasteiger partial charge in [0.2, 0.25) is 0 Å². The average molecular weight is 281 g/mol. The topological polar surface area (TPSA) is 111 Å². The molecule has 0 bridgehead atoms. The molecule has 0 radical (unpaired) electrons. The van der Waals surface area contributed by atoms with Gasteiger partial charge in [-0.2, -0.15) is 5.10 Å². The lowest BCUT2D eigenvalue weighted by Crippen LogP contribution is -2.51. The molecule has 1 fully saturated rings. The van der Waals surface area contributed by atoms with Gasteiger partial charge in [0.25, 0.3) is 0 Å². The summed E-state index contributed by atoms with van der Waals surface area (Å²) in [4.78, 5) is 28.6. The highest BCUT2D eigenvalue weighted by atomic mass is 16.4. The number of aromatic nitrogens is 3. The summed E-state index contributed by atoms with van der Waals surface area (Å²) in [6.45, 7) is 0.301. The molecule has 110 valence electrons. The SMILES string of the molecule is CN(Cc1ncn[nH]1)C(=O)NC1(CC(=O)O)CCCC1. The van der Waals surface area contributed by atoms with Gasteiger partial charge in [0.15, 0.2) is 0 Å². The van der Waals surface area contributed by atoms with Gasteiger partial charge in [0, 0.05) is 7.05 Å². The molecule has 2 amide bonds. The van der Waals surface area contributed by atoms with Gasteiger partial charge >= 0.3 is 12.0 Å². The van der Waals surface area contributed by atoms with Crippen LogP contribution >= 0.6 is 0 Å². The van der Waals surface area contributed by atoms with E-state index >= 15 is 0 Å². The highest BCUT2D eigenvalue weighted by molar-refractivity contribution is 5.76. The van der Waals surface area contributed by atoms with Gasteiger partial charge in [-0.25, -0.2) is 9.78 Å². The van der Waals surface area contributed by atoms with Crippen molar-refractivity contribution >= 4 is 12.0 Å². The van der Waals surface area contributed by atoms with E-state index in [1.54, 1.807) is 7.05 Å². The lowest BCUT2D eigenvalue weighted by molar-refractivity contribution is -0.138. The molecule has 0 unspecified atom stereocenters. The van der Waals surface area contributed by atoms with Crippen LogP contribution in [0.3, 0.4) is 0 Å². The number of carboxylic acids is 1. The Kier molecular flexibility index (Phi) is 4.21. The molecular formula is C12H19N5O3. The first-order valence-electron chi connectivity index (χ1n) is 6.60. The van der Waals surface area contributed by atoms with Crippen LogP contribution in [0.15, 0.2) is 6.33 Å². The van der Waals surface area contributed by atoms with Crippen LogP contribution in [0.2, 0.25) is 0 Å². The second-order valence-corrected chi connectivity index (χ2v) is 5.28. The van der Waals surface area contributed by atoms with E-state index in [0.717, 1.165) is 12.8 Å². The van der Waals surface area contributed by atoms with Crippen LogP contribution in [0, 0.1) is 0 Å². The van der Waals surface area contributed by atoms with Crippen molar-refractivity contribution in [1.82, 2.24) is 25.4 Å². The van der Waals surface area contributed by atoms with Crippen molar-refractivity contribution in [2.75, 3.05) is 7.05 Å². The summed E-state index contributed by atoms with van der Waals surface area (Å²) in [7, 11) is 1.64. The molecule has 0 saturated heterocycles. The van der Waals surface area contributed by atoms with Gasteiger partial charge in [-0.1, -0.05) is 12.8 Å². The molecule has 1 aromatic heterocycles. The van der Waals surface area contributed by atoms with Crippen LogP contribution < -0.4 is 5.32 Å². The number of nitrogens with zero attached hydrogens (tertiary/aromatic N) is 3. The number of hydrogen-bond donors (Lipinski definition) is 3. The lowest BCUT2D eigenvalue weighted by Gasteiger charge is -2.31. The van der Waals surface area contributed by atoms with Crippen LogP contribution in [-0.4, -0.2) is 49.8 Å². The predicted molar refractivity (Wildman–Crippen MR) is 69.8 cm³/mol. The zero-order valence-electron chi connectivity index (χ0n) is 11.4. The normalized spacial score (nSPS) is 16.9. The Labute approximate surface area is 116 Å². The molecule has 0 aliphatic heterocycles. The van der Waals surface area contributed by atoms with E-state index in [1.807, 2.05) is 0 Å². The number of aliphatic carboxylic acids is 1. The first kappa shape index (κ1) is 14.3. The summed E-state index contributed by atoms with van der Waals surface area (Å²) in [6.07, 6.45) is 4.65. The van der Waals surface area contributed by atoms with Crippen LogP contribution in [0.5, 0.6) is 0 Å². The number of rotatable bonds is 5. The maximum atomic E-state index is 12.2. The number of carbonyl (C=O) groups excluding carboxylic acids is 1. The fraction of sp³-hybridized carbons (Fsp3) is 0.667. The molecule has 2 rings (SSSR count). The Balaban J connectivity index is 1.95. The molecule has 0 spiro atoms. The van der Waals surface area contributed by atoms with Gasteiger partial charge in [-0.3, -0.25) is 9.89 Å². The first-order valence-corrected chi connectivity index (χ1v) is 6.60. The van der Waals surface area contributed by atoms with Crippen molar-refractivity contribution in [3.05, 3.63) is 12.2 Å². The number of urea groups is 1. The summed E-state index contributed by atoms with van der Waals surface area (Å²) in [5.41, 5.74) is -0.613. The Morgan fingerprint density at radius 2 is 2.20 bits per heavy atom. The molecule has 1 heterocycles. The largest absolute Gasteiger partial charge is 0.481 e. The number of carboxylic acid groups (broad SMARTS) is 1. The smallest absolute Gasteiger partial charge is 0.317 e. The molecule has 8 nitrogen and oxygen atoms in total. The summed E-state index contributed by atoms with van der Waals surface area (Å²) in [5.74, 6) is -0.300. The van der Waals surface area contributed by atoms with Crippen molar-refractivity contribution in [1.29, 1.82) is 0 Å². The Bertz CT molecular complexity index is 467. The maximum Gasteiger partial charge on any atom is 0.317 e. The van der Waals surface area contributed by atoms with Gasteiger partial charge in [0.1, 0.15) is 12.2 Å². The predicted octanol–water partition coefficient (Wildman–Crippen LogP) is 0.734. The third kappa shape index (κ3) is 3.46. The van der Waals surface area contributed by atoms with Crippen LogP contribution in [-0.2, 0) is 11.3 Å². The Morgan fingerprint density at radius 1 is 1.50 bits per heavy atom. The highest BCUT2D eigenvalue weighted by Gasteiger charge is 2.38. The third-order valence-corrected chi connectivity index (χ3v) is 3.62. The van der Waals surface area contributed by atoms with Crippen LogP contribution in [0.4, 0.5) is 4.79 Å². The van der Waals surface area contributed by atoms with Gasteiger partial charge in [-0.05, 0) is 12.8 Å². The Morgan fingerprint density at radius 3 is 2.75 bits per heavy atom. The number of amides is 2. The molecule has 1 aliphatic carbocycles. The fourth-order valence-electron chi connectivity index (χ4n) is 2.61. The number of H-pyrrole nitrogens is 1. The molecule has 3 N–H and O–H groups in total. The van der Waals surface area contributed by atoms with E-state index < -0.39 is 11.5 Å². The molecule has 1 saturated carbocycles. The molecule has 1 aliphatic rings. The highest BCUT2D eigenvalue weighted by Crippen LogP contribution is 2.32. The molecule has 20 heavy (non-hydrogen) atoms. The molecule has 0 atom stereocenters. The van der Waals surface area contributed by atoms with Gasteiger partial charge in [-0.15, -0.1) is 0 Å². The standard InChI is InChI=1S/C12H19N5O3/c1-17(7-9-13-8-14-16-9)11(20)15-12(6-10(18)19)4-2-3-5-12/h8H,2-7H2,1H3,(H,15,20)(H,18,19)(H,13,14,16). The lowest BCUT2D eigenvalue weighted by atomic mass is 9.93.